The van der Waals surface area contributed by atoms with Crippen LogP contribution in [0.15, 0.2) is 24.7 Å². The van der Waals surface area contributed by atoms with E-state index in [2.05, 4.69) is 10.1 Å². The lowest BCUT2D eigenvalue weighted by Gasteiger charge is -2.36. The van der Waals surface area contributed by atoms with Crippen LogP contribution in [0.25, 0.3) is 11.4 Å². The second kappa shape index (κ2) is 6.94. The molecule has 6 heteroatoms. The van der Waals surface area contributed by atoms with Gasteiger partial charge in [-0.1, -0.05) is 20.8 Å². The molecule has 0 bridgehead atoms. The molecule has 0 N–H and O–H groups in total. The molecule has 6 nitrogen and oxygen atoms in total. The van der Waals surface area contributed by atoms with E-state index in [0.29, 0.717) is 5.92 Å². The number of likely N-dealkylation sites (tertiary alicyclic amines) is 1. The highest BCUT2D eigenvalue weighted by Crippen LogP contribution is 2.25. The van der Waals surface area contributed by atoms with Gasteiger partial charge in [-0.25, -0.2) is 4.98 Å². The zero-order valence-corrected chi connectivity index (χ0v) is 15.6. The standard InChI is InChI=1S/C19H27N5O/c1-19(2,3)18(25)24-9-5-6-14(13-24)10-15-11-20-12-16(22-15)17-7-8-21-23(17)4/h7-8,11-12,14H,5-6,9-10,13H2,1-4H3/t14-/m1/s1. The van der Waals surface area contributed by atoms with Gasteiger partial charge in [0.05, 0.1) is 17.6 Å². The van der Waals surface area contributed by atoms with E-state index < -0.39 is 0 Å². The summed E-state index contributed by atoms with van der Waals surface area (Å²) in [4.78, 5) is 23.7. The molecule has 3 rings (SSSR count). The quantitative estimate of drug-likeness (QED) is 0.861. The Balaban J connectivity index is 1.70. The van der Waals surface area contributed by atoms with Crippen LogP contribution in [-0.2, 0) is 18.3 Å². The molecule has 1 atom stereocenters. The summed E-state index contributed by atoms with van der Waals surface area (Å²) in [6.45, 7) is 7.65. The van der Waals surface area contributed by atoms with E-state index in [1.807, 2.05) is 45.0 Å². The third-order valence-electron chi connectivity index (χ3n) is 4.71. The van der Waals surface area contributed by atoms with Gasteiger partial charge in [-0.15, -0.1) is 0 Å². The molecule has 0 aliphatic carbocycles. The van der Waals surface area contributed by atoms with E-state index >= 15 is 0 Å². The molecule has 1 aliphatic rings. The van der Waals surface area contributed by atoms with Crippen LogP contribution in [0, 0.1) is 11.3 Å². The van der Waals surface area contributed by atoms with Gasteiger partial charge in [0.25, 0.3) is 0 Å². The Bertz CT molecular complexity index is 746. The molecule has 0 radical (unpaired) electrons. The Kier molecular flexibility index (Phi) is 4.88. The first kappa shape index (κ1) is 17.6. The minimum Gasteiger partial charge on any atom is -0.342 e. The summed E-state index contributed by atoms with van der Waals surface area (Å²) in [5.74, 6) is 0.683. The number of aryl methyl sites for hydroxylation is 1. The van der Waals surface area contributed by atoms with Crippen molar-refractivity contribution in [2.24, 2.45) is 18.4 Å². The second-order valence-electron chi connectivity index (χ2n) is 7.95. The van der Waals surface area contributed by atoms with Crippen LogP contribution < -0.4 is 0 Å². The van der Waals surface area contributed by atoms with Crippen molar-refractivity contribution < 1.29 is 4.79 Å². The van der Waals surface area contributed by atoms with Crippen LogP contribution in [-0.4, -0.2) is 43.6 Å². The van der Waals surface area contributed by atoms with E-state index in [1.165, 1.54) is 0 Å². The van der Waals surface area contributed by atoms with Crippen molar-refractivity contribution in [1.82, 2.24) is 24.6 Å². The average molecular weight is 341 g/mol. The number of hydrogen-bond acceptors (Lipinski definition) is 4. The van der Waals surface area contributed by atoms with Crippen LogP contribution in [0.2, 0.25) is 0 Å². The lowest BCUT2D eigenvalue weighted by molar-refractivity contribution is -0.141. The van der Waals surface area contributed by atoms with E-state index in [0.717, 1.165) is 49.4 Å². The number of hydrogen-bond donors (Lipinski definition) is 0. The monoisotopic (exact) mass is 341 g/mol. The predicted octanol–water partition coefficient (Wildman–Crippen LogP) is 2.70. The summed E-state index contributed by atoms with van der Waals surface area (Å²) in [5, 5.41) is 4.20. The number of amides is 1. The van der Waals surface area contributed by atoms with Gasteiger partial charge in [0, 0.05) is 37.9 Å². The highest BCUT2D eigenvalue weighted by atomic mass is 16.2. The van der Waals surface area contributed by atoms with Gasteiger partial charge in [0.2, 0.25) is 5.91 Å². The van der Waals surface area contributed by atoms with E-state index in [4.69, 9.17) is 4.98 Å². The summed E-state index contributed by atoms with van der Waals surface area (Å²) >= 11 is 0. The third kappa shape index (κ3) is 4.06. The van der Waals surface area contributed by atoms with Crippen LogP contribution in [0.3, 0.4) is 0 Å². The van der Waals surface area contributed by atoms with Gasteiger partial charge < -0.3 is 4.90 Å². The normalized spacial score (nSPS) is 18.4. The number of carbonyl (C=O) groups is 1. The number of rotatable bonds is 3. The molecular weight excluding hydrogens is 314 g/mol. The smallest absolute Gasteiger partial charge is 0.227 e. The first-order valence-corrected chi connectivity index (χ1v) is 8.93. The number of piperidine rings is 1. The molecule has 134 valence electrons. The van der Waals surface area contributed by atoms with Crippen LogP contribution in [0.1, 0.15) is 39.3 Å². The van der Waals surface area contributed by atoms with Crippen molar-refractivity contribution in [2.45, 2.75) is 40.0 Å². The Hall–Kier alpha value is -2.24. The maximum absolute atomic E-state index is 12.6. The molecule has 1 aliphatic heterocycles. The van der Waals surface area contributed by atoms with Gasteiger partial charge in [-0.3, -0.25) is 14.5 Å². The van der Waals surface area contributed by atoms with E-state index in [9.17, 15) is 4.79 Å². The molecule has 25 heavy (non-hydrogen) atoms. The molecule has 3 heterocycles. The highest BCUT2D eigenvalue weighted by molar-refractivity contribution is 5.81. The van der Waals surface area contributed by atoms with E-state index in [1.54, 1.807) is 17.1 Å². The Morgan fingerprint density at radius 3 is 2.80 bits per heavy atom. The van der Waals surface area contributed by atoms with E-state index in [-0.39, 0.29) is 11.3 Å². The predicted molar refractivity (Wildman–Crippen MR) is 96.7 cm³/mol. The first-order chi connectivity index (χ1) is 11.8. The molecule has 0 saturated carbocycles. The van der Waals surface area contributed by atoms with Crippen LogP contribution in [0.4, 0.5) is 0 Å². The van der Waals surface area contributed by atoms with Gasteiger partial charge in [-0.2, -0.15) is 5.10 Å². The fourth-order valence-electron chi connectivity index (χ4n) is 3.44. The van der Waals surface area contributed by atoms with Gasteiger partial charge >= 0.3 is 0 Å². The lowest BCUT2D eigenvalue weighted by atomic mass is 9.89. The number of aromatic nitrogens is 4. The SMILES string of the molecule is Cn1nccc1-c1cncc(C[C@H]2CCCN(C(=O)C(C)(C)C)C2)n1. The first-order valence-electron chi connectivity index (χ1n) is 8.93. The average Bonchev–Trinajstić information content (AvgIpc) is 3.00. The van der Waals surface area contributed by atoms with Crippen LogP contribution in [0.5, 0.6) is 0 Å². The Morgan fingerprint density at radius 2 is 2.12 bits per heavy atom. The maximum Gasteiger partial charge on any atom is 0.227 e. The second-order valence-corrected chi connectivity index (χ2v) is 7.95. The van der Waals surface area contributed by atoms with Crippen molar-refractivity contribution in [3.8, 4) is 11.4 Å². The van der Waals surface area contributed by atoms with Gasteiger partial charge in [-0.05, 0) is 31.2 Å². The molecule has 0 spiro atoms. The van der Waals surface area contributed by atoms with Crippen LogP contribution >= 0.6 is 0 Å². The highest BCUT2D eigenvalue weighted by Gasteiger charge is 2.31. The molecule has 1 saturated heterocycles. The zero-order valence-electron chi connectivity index (χ0n) is 15.6. The molecule has 1 fully saturated rings. The Morgan fingerprint density at radius 1 is 1.32 bits per heavy atom. The number of carbonyl (C=O) groups excluding carboxylic acids is 1. The fraction of sp³-hybridized carbons (Fsp3) is 0.579. The van der Waals surface area contributed by atoms with Crippen molar-refractivity contribution in [3.05, 3.63) is 30.4 Å². The van der Waals surface area contributed by atoms with Gasteiger partial charge in [0.1, 0.15) is 5.69 Å². The third-order valence-corrected chi connectivity index (χ3v) is 4.71. The molecule has 0 unspecified atom stereocenters. The van der Waals surface area contributed by atoms with Crippen molar-refractivity contribution in [2.75, 3.05) is 13.1 Å². The maximum atomic E-state index is 12.6. The summed E-state index contributed by atoms with van der Waals surface area (Å²) < 4.78 is 1.80. The molecule has 2 aromatic heterocycles. The fourth-order valence-corrected chi connectivity index (χ4v) is 3.44. The number of nitrogens with zero attached hydrogens (tertiary/aromatic N) is 5. The van der Waals surface area contributed by atoms with Crippen molar-refractivity contribution in [3.63, 3.8) is 0 Å². The summed E-state index contributed by atoms with van der Waals surface area (Å²) in [5.41, 5.74) is 2.47. The minimum absolute atomic E-state index is 0.243. The Labute approximate surface area is 149 Å². The molecule has 0 aromatic carbocycles. The minimum atomic E-state index is -0.318. The van der Waals surface area contributed by atoms with Crippen molar-refractivity contribution in [1.29, 1.82) is 0 Å². The van der Waals surface area contributed by atoms with Crippen molar-refractivity contribution >= 4 is 5.91 Å². The lowest BCUT2D eigenvalue weighted by Crippen LogP contribution is -2.45. The summed E-state index contributed by atoms with van der Waals surface area (Å²) in [6.07, 6.45) is 8.42. The largest absolute Gasteiger partial charge is 0.342 e. The summed E-state index contributed by atoms with van der Waals surface area (Å²) in [6, 6.07) is 1.94. The molecule has 1 amide bonds. The molecular formula is C19H27N5O. The topological polar surface area (TPSA) is 63.9 Å². The molecule has 2 aromatic rings. The van der Waals surface area contributed by atoms with Gasteiger partial charge in [0.15, 0.2) is 0 Å². The summed E-state index contributed by atoms with van der Waals surface area (Å²) in [7, 11) is 1.90. The zero-order chi connectivity index (χ0) is 18.0.